The van der Waals surface area contributed by atoms with E-state index >= 15 is 0 Å². The van der Waals surface area contributed by atoms with Crippen molar-refractivity contribution in [2.45, 2.75) is 19.3 Å². The molecule has 0 atom stereocenters. The van der Waals surface area contributed by atoms with Gasteiger partial charge in [0.2, 0.25) is 0 Å². The van der Waals surface area contributed by atoms with Crippen LogP contribution in [0.3, 0.4) is 0 Å². The number of hydrogen-bond donors (Lipinski definition) is 0. The standard InChI is InChI=1S/C18H20O3/c1-20-17-15(11-12-16(13-19)18(17)21-2)10-6-9-14-7-4-3-5-8-14/h3-5,7-8,11-13H,6,9-10H2,1-2H3. The Morgan fingerprint density at radius 1 is 0.905 bits per heavy atom. The first kappa shape index (κ1) is 15.1. The fraction of sp³-hybridized carbons (Fsp3) is 0.278. The Bertz CT molecular complexity index is 591. The van der Waals surface area contributed by atoms with Crippen molar-refractivity contribution in [1.29, 1.82) is 0 Å². The van der Waals surface area contributed by atoms with Gasteiger partial charge in [-0.25, -0.2) is 0 Å². The number of aryl methyl sites for hydroxylation is 2. The molecule has 0 radical (unpaired) electrons. The summed E-state index contributed by atoms with van der Waals surface area (Å²) in [6.45, 7) is 0. The lowest BCUT2D eigenvalue weighted by Crippen LogP contribution is -2.00. The van der Waals surface area contributed by atoms with Gasteiger partial charge in [0, 0.05) is 0 Å². The molecule has 0 amide bonds. The van der Waals surface area contributed by atoms with Crippen molar-refractivity contribution in [3.05, 3.63) is 59.2 Å². The molecule has 0 heterocycles. The number of ether oxygens (including phenoxy) is 2. The molecule has 110 valence electrons. The molecule has 2 aromatic carbocycles. The second-order valence-electron chi connectivity index (χ2n) is 4.84. The van der Waals surface area contributed by atoms with Crippen LogP contribution in [0.4, 0.5) is 0 Å². The van der Waals surface area contributed by atoms with Crippen LogP contribution in [0.5, 0.6) is 11.5 Å². The van der Waals surface area contributed by atoms with E-state index in [1.165, 1.54) is 5.56 Å². The summed E-state index contributed by atoms with van der Waals surface area (Å²) >= 11 is 0. The summed E-state index contributed by atoms with van der Waals surface area (Å²) in [7, 11) is 3.16. The van der Waals surface area contributed by atoms with Crippen molar-refractivity contribution in [2.75, 3.05) is 14.2 Å². The van der Waals surface area contributed by atoms with Gasteiger partial charge in [-0.15, -0.1) is 0 Å². The van der Waals surface area contributed by atoms with Gasteiger partial charge in [0.25, 0.3) is 0 Å². The molecule has 0 spiro atoms. The minimum absolute atomic E-state index is 0.515. The molecule has 3 heteroatoms. The Kier molecular flexibility index (Phi) is 5.38. The fourth-order valence-electron chi connectivity index (χ4n) is 2.47. The van der Waals surface area contributed by atoms with E-state index in [4.69, 9.17) is 9.47 Å². The van der Waals surface area contributed by atoms with Crippen LogP contribution < -0.4 is 9.47 Å². The lowest BCUT2D eigenvalue weighted by Gasteiger charge is -2.14. The third kappa shape index (κ3) is 3.63. The lowest BCUT2D eigenvalue weighted by atomic mass is 10.0. The SMILES string of the molecule is COc1c(C=O)ccc(CCCc2ccccc2)c1OC. The third-order valence-electron chi connectivity index (χ3n) is 3.51. The lowest BCUT2D eigenvalue weighted by molar-refractivity contribution is 0.112. The summed E-state index contributed by atoms with van der Waals surface area (Å²) in [5.74, 6) is 1.18. The van der Waals surface area contributed by atoms with E-state index in [9.17, 15) is 4.79 Å². The summed E-state index contributed by atoms with van der Waals surface area (Å²) in [6.07, 6.45) is 3.70. The van der Waals surface area contributed by atoms with Crippen LogP contribution in [0.1, 0.15) is 27.9 Å². The Morgan fingerprint density at radius 3 is 2.24 bits per heavy atom. The maximum absolute atomic E-state index is 11.0. The molecule has 0 aliphatic rings. The number of hydrogen-bond acceptors (Lipinski definition) is 3. The van der Waals surface area contributed by atoms with E-state index in [1.54, 1.807) is 20.3 Å². The average molecular weight is 284 g/mol. The first-order valence-corrected chi connectivity index (χ1v) is 7.03. The number of rotatable bonds is 7. The number of benzene rings is 2. The molecule has 0 saturated heterocycles. The molecule has 0 bridgehead atoms. The van der Waals surface area contributed by atoms with Crippen LogP contribution in [-0.4, -0.2) is 20.5 Å². The first-order chi connectivity index (χ1) is 10.3. The van der Waals surface area contributed by atoms with E-state index < -0.39 is 0 Å². The summed E-state index contributed by atoms with van der Waals surface area (Å²) in [5, 5.41) is 0. The van der Waals surface area contributed by atoms with Crippen LogP contribution >= 0.6 is 0 Å². The van der Waals surface area contributed by atoms with Gasteiger partial charge >= 0.3 is 0 Å². The second kappa shape index (κ2) is 7.48. The second-order valence-corrected chi connectivity index (χ2v) is 4.84. The van der Waals surface area contributed by atoms with Gasteiger partial charge in [-0.3, -0.25) is 4.79 Å². The minimum Gasteiger partial charge on any atom is -0.493 e. The Balaban J connectivity index is 2.11. The molecule has 21 heavy (non-hydrogen) atoms. The molecule has 0 N–H and O–H groups in total. The highest BCUT2D eigenvalue weighted by Crippen LogP contribution is 2.34. The van der Waals surface area contributed by atoms with E-state index in [0.717, 1.165) is 31.1 Å². The zero-order valence-electron chi connectivity index (χ0n) is 12.5. The molecule has 0 aliphatic carbocycles. The zero-order chi connectivity index (χ0) is 15.1. The molecular weight excluding hydrogens is 264 g/mol. The summed E-state index contributed by atoms with van der Waals surface area (Å²) in [4.78, 5) is 11.0. The van der Waals surface area contributed by atoms with Gasteiger partial charge in [0.1, 0.15) is 0 Å². The van der Waals surface area contributed by atoms with Crippen molar-refractivity contribution in [3.63, 3.8) is 0 Å². The third-order valence-corrected chi connectivity index (χ3v) is 3.51. The van der Waals surface area contributed by atoms with Crippen LogP contribution in [-0.2, 0) is 12.8 Å². The summed E-state index contributed by atoms with van der Waals surface area (Å²) in [6, 6.07) is 14.1. The minimum atomic E-state index is 0.515. The highest BCUT2D eigenvalue weighted by Gasteiger charge is 2.14. The monoisotopic (exact) mass is 284 g/mol. The molecule has 0 unspecified atom stereocenters. The predicted octanol–water partition coefficient (Wildman–Crippen LogP) is 3.69. The largest absolute Gasteiger partial charge is 0.493 e. The first-order valence-electron chi connectivity index (χ1n) is 7.03. The molecule has 2 rings (SSSR count). The van der Waals surface area contributed by atoms with Crippen LogP contribution in [0, 0.1) is 0 Å². The smallest absolute Gasteiger partial charge is 0.171 e. The van der Waals surface area contributed by atoms with Gasteiger partial charge in [-0.1, -0.05) is 36.4 Å². The van der Waals surface area contributed by atoms with Crippen LogP contribution in [0.25, 0.3) is 0 Å². The van der Waals surface area contributed by atoms with Crippen molar-refractivity contribution in [2.24, 2.45) is 0 Å². The highest BCUT2D eigenvalue weighted by molar-refractivity contribution is 5.81. The normalized spacial score (nSPS) is 10.2. The predicted molar refractivity (Wildman–Crippen MR) is 83.4 cm³/mol. The molecule has 0 fully saturated rings. The molecule has 3 nitrogen and oxygen atoms in total. The van der Waals surface area contributed by atoms with E-state index in [0.29, 0.717) is 17.1 Å². The number of aldehydes is 1. The van der Waals surface area contributed by atoms with Gasteiger partial charge in [0.05, 0.1) is 19.8 Å². The van der Waals surface area contributed by atoms with Crippen LogP contribution in [0.2, 0.25) is 0 Å². The van der Waals surface area contributed by atoms with Crippen molar-refractivity contribution in [1.82, 2.24) is 0 Å². The maximum Gasteiger partial charge on any atom is 0.171 e. The average Bonchev–Trinajstić information content (AvgIpc) is 2.55. The van der Waals surface area contributed by atoms with E-state index in [2.05, 4.69) is 24.3 Å². The van der Waals surface area contributed by atoms with Crippen LogP contribution in [0.15, 0.2) is 42.5 Å². The quantitative estimate of drug-likeness (QED) is 0.727. The Hall–Kier alpha value is -2.29. The summed E-state index contributed by atoms with van der Waals surface area (Å²) in [5.41, 5.74) is 2.91. The number of carbonyl (C=O) groups is 1. The van der Waals surface area contributed by atoms with E-state index in [1.807, 2.05) is 12.1 Å². The Labute approximate surface area is 125 Å². The summed E-state index contributed by atoms with van der Waals surface area (Å²) < 4.78 is 10.7. The molecule has 0 aromatic heterocycles. The molecule has 2 aromatic rings. The topological polar surface area (TPSA) is 35.5 Å². The van der Waals surface area contributed by atoms with Gasteiger partial charge in [0.15, 0.2) is 17.8 Å². The number of carbonyl (C=O) groups excluding carboxylic acids is 1. The Morgan fingerprint density at radius 2 is 1.62 bits per heavy atom. The van der Waals surface area contributed by atoms with Crippen molar-refractivity contribution in [3.8, 4) is 11.5 Å². The highest BCUT2D eigenvalue weighted by atomic mass is 16.5. The fourth-order valence-corrected chi connectivity index (χ4v) is 2.47. The number of methoxy groups -OCH3 is 2. The van der Waals surface area contributed by atoms with Gasteiger partial charge in [-0.2, -0.15) is 0 Å². The molecular formula is C18H20O3. The van der Waals surface area contributed by atoms with Crippen molar-refractivity contribution >= 4 is 6.29 Å². The maximum atomic E-state index is 11.0. The molecule has 0 aliphatic heterocycles. The zero-order valence-corrected chi connectivity index (χ0v) is 12.5. The van der Waals surface area contributed by atoms with Gasteiger partial charge in [-0.05, 0) is 36.5 Å². The van der Waals surface area contributed by atoms with Crippen molar-refractivity contribution < 1.29 is 14.3 Å². The van der Waals surface area contributed by atoms with E-state index in [-0.39, 0.29) is 0 Å². The molecule has 0 saturated carbocycles. The van der Waals surface area contributed by atoms with Gasteiger partial charge < -0.3 is 9.47 Å².